The number of aromatic nitrogens is 1. The predicted molar refractivity (Wildman–Crippen MR) is 69.6 cm³/mol. The summed E-state index contributed by atoms with van der Waals surface area (Å²) in [7, 11) is 0. The van der Waals surface area contributed by atoms with Crippen LogP contribution < -0.4 is 4.74 Å². The van der Waals surface area contributed by atoms with Gasteiger partial charge in [0.25, 0.3) is 0 Å². The molecule has 1 aromatic carbocycles. The number of carboxylic acids is 1. The number of hydrogen-bond acceptors (Lipinski definition) is 3. The van der Waals surface area contributed by atoms with Gasteiger partial charge in [-0.25, -0.2) is 9.18 Å². The van der Waals surface area contributed by atoms with E-state index >= 15 is 0 Å². The van der Waals surface area contributed by atoms with Crippen molar-refractivity contribution in [2.24, 2.45) is 0 Å². The average Bonchev–Trinajstić information content (AvgIpc) is 2.36. The monoisotopic (exact) mass is 325 g/mol. The lowest BCUT2D eigenvalue weighted by molar-refractivity contribution is 0.0691. The van der Waals surface area contributed by atoms with Crippen molar-refractivity contribution < 1.29 is 19.0 Å². The molecule has 0 unspecified atom stereocenters. The number of ether oxygens (including phenoxy) is 1. The van der Waals surface area contributed by atoms with Crippen LogP contribution in [0.5, 0.6) is 5.75 Å². The number of pyridine rings is 1. The van der Waals surface area contributed by atoms with Crippen LogP contribution in [-0.4, -0.2) is 16.1 Å². The van der Waals surface area contributed by atoms with E-state index in [1.807, 2.05) is 0 Å². The van der Waals surface area contributed by atoms with E-state index in [2.05, 4.69) is 20.9 Å². The predicted octanol–water partition coefficient (Wildman–Crippen LogP) is 3.26. The summed E-state index contributed by atoms with van der Waals surface area (Å²) in [6, 6.07) is 5.88. The number of hydrogen-bond donors (Lipinski definition) is 1. The van der Waals surface area contributed by atoms with E-state index in [-0.39, 0.29) is 17.9 Å². The zero-order valence-corrected chi connectivity index (χ0v) is 11.2. The highest BCUT2D eigenvalue weighted by atomic mass is 79.9. The van der Waals surface area contributed by atoms with Gasteiger partial charge in [-0.05, 0) is 24.3 Å². The second kappa shape index (κ2) is 5.79. The van der Waals surface area contributed by atoms with Gasteiger partial charge in [0, 0.05) is 16.2 Å². The highest BCUT2D eigenvalue weighted by molar-refractivity contribution is 9.10. The van der Waals surface area contributed by atoms with Crippen molar-refractivity contribution in [3.8, 4) is 5.75 Å². The highest BCUT2D eigenvalue weighted by Crippen LogP contribution is 2.24. The minimum Gasteiger partial charge on any atom is -0.488 e. The number of carbonyl (C=O) groups is 1. The van der Waals surface area contributed by atoms with Gasteiger partial charge in [-0.2, -0.15) is 0 Å². The van der Waals surface area contributed by atoms with Crippen LogP contribution in [0.3, 0.4) is 0 Å². The van der Waals surface area contributed by atoms with Gasteiger partial charge in [-0.15, -0.1) is 0 Å². The Morgan fingerprint density at radius 1 is 1.37 bits per heavy atom. The fraction of sp³-hybridized carbons (Fsp3) is 0.0769. The Hall–Kier alpha value is -1.95. The van der Waals surface area contributed by atoms with Gasteiger partial charge in [0.1, 0.15) is 23.7 Å². The van der Waals surface area contributed by atoms with E-state index in [1.54, 1.807) is 12.1 Å². The Morgan fingerprint density at radius 3 is 2.84 bits per heavy atom. The summed E-state index contributed by atoms with van der Waals surface area (Å²) < 4.78 is 19.0. The highest BCUT2D eigenvalue weighted by Gasteiger charge is 2.12. The molecule has 0 radical (unpaired) electrons. The van der Waals surface area contributed by atoms with Crippen LogP contribution in [0.1, 0.15) is 15.9 Å². The fourth-order valence-corrected chi connectivity index (χ4v) is 1.83. The maximum absolute atomic E-state index is 12.9. The van der Waals surface area contributed by atoms with Gasteiger partial charge in [-0.1, -0.05) is 15.9 Å². The van der Waals surface area contributed by atoms with Crippen molar-refractivity contribution in [2.75, 3.05) is 0 Å². The maximum Gasteiger partial charge on any atom is 0.339 e. The molecular formula is C13H9BrFNO3. The van der Waals surface area contributed by atoms with E-state index < -0.39 is 11.8 Å². The van der Waals surface area contributed by atoms with Crippen molar-refractivity contribution in [1.29, 1.82) is 0 Å². The van der Waals surface area contributed by atoms with Gasteiger partial charge in [0.15, 0.2) is 0 Å². The van der Waals surface area contributed by atoms with Crippen molar-refractivity contribution in [3.63, 3.8) is 0 Å². The summed E-state index contributed by atoms with van der Waals surface area (Å²) in [4.78, 5) is 14.7. The maximum atomic E-state index is 12.9. The molecule has 0 bridgehead atoms. The van der Waals surface area contributed by atoms with E-state index in [0.717, 1.165) is 6.20 Å². The second-order valence-electron chi connectivity index (χ2n) is 3.75. The zero-order valence-electron chi connectivity index (χ0n) is 9.64. The summed E-state index contributed by atoms with van der Waals surface area (Å²) in [5.41, 5.74) is 0.573. The van der Waals surface area contributed by atoms with Gasteiger partial charge in [0.05, 0.1) is 6.20 Å². The van der Waals surface area contributed by atoms with Crippen LogP contribution >= 0.6 is 15.9 Å². The number of carboxylic acid groups (broad SMARTS) is 1. The van der Waals surface area contributed by atoms with Gasteiger partial charge in [-0.3, -0.25) is 4.98 Å². The first-order valence-corrected chi connectivity index (χ1v) is 6.10. The van der Waals surface area contributed by atoms with E-state index in [1.165, 1.54) is 18.3 Å². The molecule has 0 saturated heterocycles. The summed E-state index contributed by atoms with van der Waals surface area (Å²) >= 11 is 3.24. The molecule has 2 aromatic rings. The third-order valence-corrected chi connectivity index (χ3v) is 2.82. The van der Waals surface area contributed by atoms with Gasteiger partial charge in [0.2, 0.25) is 0 Å². The van der Waals surface area contributed by atoms with Crippen LogP contribution in [0.2, 0.25) is 0 Å². The first-order chi connectivity index (χ1) is 9.06. The quantitative estimate of drug-likeness (QED) is 0.937. The largest absolute Gasteiger partial charge is 0.488 e. The molecular weight excluding hydrogens is 317 g/mol. The fourth-order valence-electron chi connectivity index (χ4n) is 1.49. The molecule has 0 amide bonds. The van der Waals surface area contributed by atoms with E-state index in [0.29, 0.717) is 10.0 Å². The van der Waals surface area contributed by atoms with Crippen molar-refractivity contribution >= 4 is 21.9 Å². The van der Waals surface area contributed by atoms with Crippen LogP contribution in [0.4, 0.5) is 4.39 Å². The molecule has 6 heteroatoms. The molecule has 2 rings (SSSR count). The molecule has 1 N–H and O–H groups in total. The Balaban J connectivity index is 2.19. The van der Waals surface area contributed by atoms with E-state index in [9.17, 15) is 9.18 Å². The number of benzene rings is 1. The Labute approximate surface area is 117 Å². The Kier molecular flexibility index (Phi) is 4.11. The van der Waals surface area contributed by atoms with Crippen molar-refractivity contribution in [3.05, 3.63) is 58.1 Å². The normalized spacial score (nSPS) is 10.2. The smallest absolute Gasteiger partial charge is 0.339 e. The molecule has 0 spiro atoms. The lowest BCUT2D eigenvalue weighted by atomic mass is 10.2. The molecule has 0 aliphatic carbocycles. The molecule has 19 heavy (non-hydrogen) atoms. The van der Waals surface area contributed by atoms with Crippen molar-refractivity contribution in [1.82, 2.24) is 4.98 Å². The third kappa shape index (κ3) is 3.51. The second-order valence-corrected chi connectivity index (χ2v) is 4.66. The van der Waals surface area contributed by atoms with Crippen LogP contribution in [-0.2, 0) is 6.61 Å². The summed E-state index contributed by atoms with van der Waals surface area (Å²) in [5.74, 6) is -1.33. The van der Waals surface area contributed by atoms with Crippen LogP contribution in [0.25, 0.3) is 0 Å². The molecule has 1 aromatic heterocycles. The average molecular weight is 326 g/mol. The SMILES string of the molecule is O=C(O)c1ccc(Br)cc1OCc1cncc(F)c1. The zero-order chi connectivity index (χ0) is 13.8. The summed E-state index contributed by atoms with van der Waals surface area (Å²) in [5, 5.41) is 9.03. The number of rotatable bonds is 4. The molecule has 0 saturated carbocycles. The van der Waals surface area contributed by atoms with E-state index in [4.69, 9.17) is 9.84 Å². The summed E-state index contributed by atoms with van der Waals surface area (Å²) in [6.07, 6.45) is 2.55. The lowest BCUT2D eigenvalue weighted by Crippen LogP contribution is -2.03. The molecule has 0 aliphatic heterocycles. The van der Waals surface area contributed by atoms with Crippen LogP contribution in [0, 0.1) is 5.82 Å². The van der Waals surface area contributed by atoms with Crippen LogP contribution in [0.15, 0.2) is 41.1 Å². The Bertz CT molecular complexity index is 619. The number of halogens is 2. The molecule has 0 fully saturated rings. The topological polar surface area (TPSA) is 59.4 Å². The van der Waals surface area contributed by atoms with Gasteiger partial charge < -0.3 is 9.84 Å². The van der Waals surface area contributed by atoms with Crippen molar-refractivity contribution in [2.45, 2.75) is 6.61 Å². The minimum atomic E-state index is -1.08. The molecule has 0 aliphatic rings. The first kappa shape index (κ1) is 13.5. The van der Waals surface area contributed by atoms with Gasteiger partial charge >= 0.3 is 5.97 Å². The lowest BCUT2D eigenvalue weighted by Gasteiger charge is -2.09. The summed E-state index contributed by atoms with van der Waals surface area (Å²) in [6.45, 7) is 0.0431. The first-order valence-electron chi connectivity index (χ1n) is 5.31. The molecule has 4 nitrogen and oxygen atoms in total. The molecule has 0 atom stereocenters. The number of nitrogens with zero attached hydrogens (tertiary/aromatic N) is 1. The minimum absolute atomic E-state index is 0.0431. The molecule has 1 heterocycles. The number of aromatic carboxylic acids is 1. The molecule has 98 valence electrons. The Morgan fingerprint density at radius 2 is 2.16 bits per heavy atom. The standard InChI is InChI=1S/C13H9BrFNO3/c14-9-1-2-11(13(17)18)12(4-9)19-7-8-3-10(15)6-16-5-8/h1-6H,7H2,(H,17,18). The third-order valence-electron chi connectivity index (χ3n) is 2.33.